The van der Waals surface area contributed by atoms with Crippen LogP contribution >= 0.6 is 11.3 Å². The topological polar surface area (TPSA) is 70.3 Å². The van der Waals surface area contributed by atoms with Gasteiger partial charge in [0.15, 0.2) is 0 Å². The summed E-state index contributed by atoms with van der Waals surface area (Å²) in [4.78, 5) is 13.7. The molecule has 0 saturated heterocycles. The van der Waals surface area contributed by atoms with Gasteiger partial charge in [-0.1, -0.05) is 49.4 Å². The first-order valence-electron chi connectivity index (χ1n) is 8.72. The summed E-state index contributed by atoms with van der Waals surface area (Å²) >= 11 is 1.32. The maximum atomic E-state index is 12.4. The molecule has 0 amide bonds. The molecule has 5 heteroatoms. The van der Waals surface area contributed by atoms with Gasteiger partial charge < -0.3 is 9.84 Å². The summed E-state index contributed by atoms with van der Waals surface area (Å²) in [6.07, 6.45) is 0.677. The molecule has 0 fully saturated rings. The Kier molecular flexibility index (Phi) is 5.58. The molecule has 3 aromatic rings. The quantitative estimate of drug-likeness (QED) is 0.605. The van der Waals surface area contributed by atoms with Gasteiger partial charge in [0.2, 0.25) is 0 Å². The molecular formula is C22H19NO3S. The van der Waals surface area contributed by atoms with E-state index in [1.807, 2.05) is 43.3 Å². The number of benzene rings is 2. The number of aromatic hydroxyl groups is 1. The van der Waals surface area contributed by atoms with Gasteiger partial charge in [0.05, 0.1) is 12.2 Å². The highest BCUT2D eigenvalue weighted by atomic mass is 32.1. The molecule has 27 heavy (non-hydrogen) atoms. The zero-order valence-corrected chi connectivity index (χ0v) is 16.0. The normalized spacial score (nSPS) is 10.4. The Morgan fingerprint density at radius 3 is 2.37 bits per heavy atom. The van der Waals surface area contributed by atoms with E-state index in [2.05, 4.69) is 6.07 Å². The van der Waals surface area contributed by atoms with E-state index in [4.69, 9.17) is 4.74 Å². The third-order valence-corrected chi connectivity index (χ3v) is 5.58. The predicted molar refractivity (Wildman–Crippen MR) is 107 cm³/mol. The molecule has 0 spiro atoms. The Morgan fingerprint density at radius 1 is 1.11 bits per heavy atom. The number of phenols is 1. The lowest BCUT2D eigenvalue weighted by atomic mass is 9.97. The summed E-state index contributed by atoms with van der Waals surface area (Å²) in [5.41, 5.74) is 3.53. The van der Waals surface area contributed by atoms with Crippen LogP contribution in [0, 0.1) is 11.3 Å². The number of esters is 1. The lowest BCUT2D eigenvalue weighted by Crippen LogP contribution is -2.04. The van der Waals surface area contributed by atoms with E-state index in [-0.39, 0.29) is 12.4 Å². The third kappa shape index (κ3) is 3.57. The van der Waals surface area contributed by atoms with Crippen molar-refractivity contribution in [2.75, 3.05) is 6.61 Å². The average Bonchev–Trinajstić information content (AvgIpc) is 3.07. The molecule has 0 aliphatic carbocycles. The molecule has 0 unspecified atom stereocenters. The first-order valence-corrected chi connectivity index (χ1v) is 9.54. The second-order valence-corrected chi connectivity index (χ2v) is 6.99. The zero-order valence-electron chi connectivity index (χ0n) is 15.2. The molecule has 0 aliphatic rings. The van der Waals surface area contributed by atoms with Gasteiger partial charge in [0, 0.05) is 16.0 Å². The van der Waals surface area contributed by atoms with E-state index in [0.717, 1.165) is 21.6 Å². The van der Waals surface area contributed by atoms with Crippen LogP contribution in [0.15, 0.2) is 48.5 Å². The second kappa shape index (κ2) is 8.07. The average molecular weight is 377 g/mol. The number of hydrogen-bond acceptors (Lipinski definition) is 5. The second-order valence-electron chi connectivity index (χ2n) is 5.88. The van der Waals surface area contributed by atoms with Crippen molar-refractivity contribution in [1.29, 1.82) is 5.26 Å². The molecule has 0 radical (unpaired) electrons. The van der Waals surface area contributed by atoms with Gasteiger partial charge in [0.25, 0.3) is 0 Å². The van der Waals surface area contributed by atoms with Crippen LogP contribution in [0.25, 0.3) is 22.3 Å². The molecule has 4 nitrogen and oxygen atoms in total. The number of rotatable bonds is 5. The standard InChI is InChI=1S/C22H19NO3S/c1-3-19-17(13-23)20(21(27-19)22(25)26-4-2)15-11-9-14(10-12-15)16-7-5-6-8-18(16)24/h5-12,24H,3-4H2,1-2H3. The number of carbonyl (C=O) groups is 1. The van der Waals surface area contributed by atoms with Crippen LogP contribution in [0.1, 0.15) is 34.0 Å². The number of hydrogen-bond donors (Lipinski definition) is 1. The molecule has 136 valence electrons. The van der Waals surface area contributed by atoms with Crippen molar-refractivity contribution < 1.29 is 14.6 Å². The minimum Gasteiger partial charge on any atom is -0.507 e. The molecule has 0 aliphatic heterocycles. The molecule has 0 bridgehead atoms. The lowest BCUT2D eigenvalue weighted by Gasteiger charge is -2.08. The fourth-order valence-corrected chi connectivity index (χ4v) is 4.10. The van der Waals surface area contributed by atoms with Crippen LogP contribution < -0.4 is 0 Å². The molecule has 1 aromatic heterocycles. The fraction of sp³-hybridized carbons (Fsp3) is 0.182. The molecule has 2 aromatic carbocycles. The van der Waals surface area contributed by atoms with Crippen molar-refractivity contribution in [3.63, 3.8) is 0 Å². The van der Waals surface area contributed by atoms with E-state index < -0.39 is 5.97 Å². The Hall–Kier alpha value is -3.10. The van der Waals surface area contributed by atoms with Crippen molar-refractivity contribution >= 4 is 17.3 Å². The van der Waals surface area contributed by atoms with E-state index in [1.165, 1.54) is 11.3 Å². The van der Waals surface area contributed by atoms with Crippen LogP contribution in [0.5, 0.6) is 5.75 Å². The van der Waals surface area contributed by atoms with E-state index in [0.29, 0.717) is 22.4 Å². The summed E-state index contributed by atoms with van der Waals surface area (Å²) in [6.45, 7) is 4.01. The fourth-order valence-electron chi connectivity index (χ4n) is 3.00. The maximum absolute atomic E-state index is 12.4. The number of nitriles is 1. The summed E-state index contributed by atoms with van der Waals surface area (Å²) in [6, 6.07) is 16.9. The van der Waals surface area contributed by atoms with Crippen molar-refractivity contribution in [2.45, 2.75) is 20.3 Å². The number of aryl methyl sites for hydroxylation is 1. The highest BCUT2D eigenvalue weighted by Crippen LogP contribution is 2.38. The van der Waals surface area contributed by atoms with Gasteiger partial charge in [-0.05, 0) is 30.5 Å². The lowest BCUT2D eigenvalue weighted by molar-refractivity contribution is 0.0533. The molecule has 3 rings (SSSR count). The van der Waals surface area contributed by atoms with Crippen LogP contribution in [0.2, 0.25) is 0 Å². The predicted octanol–water partition coefficient (Wildman–Crippen LogP) is 5.40. The van der Waals surface area contributed by atoms with E-state index >= 15 is 0 Å². The van der Waals surface area contributed by atoms with E-state index in [9.17, 15) is 15.2 Å². The molecule has 1 heterocycles. The summed E-state index contributed by atoms with van der Waals surface area (Å²) in [5, 5.41) is 19.7. The smallest absolute Gasteiger partial charge is 0.348 e. The first kappa shape index (κ1) is 18.7. The Bertz CT molecular complexity index is 1010. The summed E-state index contributed by atoms with van der Waals surface area (Å²) in [7, 11) is 0. The largest absolute Gasteiger partial charge is 0.507 e. The highest BCUT2D eigenvalue weighted by molar-refractivity contribution is 7.14. The van der Waals surface area contributed by atoms with Crippen LogP contribution in [0.4, 0.5) is 0 Å². The monoisotopic (exact) mass is 377 g/mol. The van der Waals surface area contributed by atoms with Gasteiger partial charge in [-0.2, -0.15) is 5.26 Å². The van der Waals surface area contributed by atoms with Crippen LogP contribution in [-0.4, -0.2) is 17.7 Å². The maximum Gasteiger partial charge on any atom is 0.348 e. The minimum atomic E-state index is -0.404. The number of thiophene rings is 1. The van der Waals surface area contributed by atoms with Gasteiger partial charge in [-0.25, -0.2) is 4.79 Å². The molecule has 0 atom stereocenters. The summed E-state index contributed by atoms with van der Waals surface area (Å²) in [5.74, 6) is -0.197. The SMILES string of the molecule is CCOC(=O)c1sc(CC)c(C#N)c1-c1ccc(-c2ccccc2O)cc1. The number of nitrogens with zero attached hydrogens (tertiary/aromatic N) is 1. The van der Waals surface area contributed by atoms with Gasteiger partial charge >= 0.3 is 5.97 Å². The minimum absolute atomic E-state index is 0.207. The first-order chi connectivity index (χ1) is 13.1. The number of ether oxygens (including phenoxy) is 1. The van der Waals surface area contributed by atoms with Gasteiger partial charge in [-0.15, -0.1) is 11.3 Å². The van der Waals surface area contributed by atoms with Crippen molar-refractivity contribution in [2.24, 2.45) is 0 Å². The van der Waals surface area contributed by atoms with E-state index in [1.54, 1.807) is 19.1 Å². The molecule has 1 N–H and O–H groups in total. The third-order valence-electron chi connectivity index (χ3n) is 4.26. The van der Waals surface area contributed by atoms with Crippen molar-refractivity contribution in [3.05, 3.63) is 63.8 Å². The van der Waals surface area contributed by atoms with Crippen LogP contribution in [0.3, 0.4) is 0 Å². The zero-order chi connectivity index (χ0) is 19.4. The Morgan fingerprint density at radius 2 is 1.78 bits per heavy atom. The van der Waals surface area contributed by atoms with Crippen molar-refractivity contribution in [3.8, 4) is 34.1 Å². The van der Waals surface area contributed by atoms with Crippen molar-refractivity contribution in [1.82, 2.24) is 0 Å². The van der Waals surface area contributed by atoms with Gasteiger partial charge in [-0.3, -0.25) is 0 Å². The number of carbonyl (C=O) groups excluding carboxylic acids is 1. The molecular weight excluding hydrogens is 358 g/mol. The number of para-hydroxylation sites is 1. The molecule has 0 saturated carbocycles. The Labute approximate surface area is 162 Å². The Balaban J connectivity index is 2.11. The number of phenolic OH excluding ortho intramolecular Hbond substituents is 1. The van der Waals surface area contributed by atoms with Crippen LogP contribution in [-0.2, 0) is 11.2 Å². The summed E-state index contributed by atoms with van der Waals surface area (Å²) < 4.78 is 5.19. The highest BCUT2D eigenvalue weighted by Gasteiger charge is 2.24. The van der Waals surface area contributed by atoms with Gasteiger partial charge in [0.1, 0.15) is 16.7 Å².